The fourth-order valence-corrected chi connectivity index (χ4v) is 2.44. The van der Waals surface area contributed by atoms with Crippen LogP contribution in [0.1, 0.15) is 43.7 Å². The summed E-state index contributed by atoms with van der Waals surface area (Å²) in [5, 5.41) is 8.81. The van der Waals surface area contributed by atoms with E-state index in [1.165, 1.54) is 0 Å². The van der Waals surface area contributed by atoms with Gasteiger partial charge in [0, 0.05) is 25.6 Å². The van der Waals surface area contributed by atoms with Crippen LogP contribution in [0.15, 0.2) is 23.2 Å². The molecule has 1 aliphatic rings. The van der Waals surface area contributed by atoms with Crippen LogP contribution in [-0.2, 0) is 17.5 Å². The van der Waals surface area contributed by atoms with Crippen molar-refractivity contribution in [3.8, 4) is 0 Å². The monoisotopic (exact) mass is 388 g/mol. The van der Waals surface area contributed by atoms with E-state index in [0.717, 1.165) is 25.0 Å². The molecule has 0 heterocycles. The number of amides is 1. The van der Waals surface area contributed by atoms with Gasteiger partial charge in [-0.25, -0.2) is 9.38 Å². The summed E-state index contributed by atoms with van der Waals surface area (Å²) < 4.78 is 52.3. The van der Waals surface area contributed by atoms with E-state index in [2.05, 4.69) is 20.9 Å². The Kier molecular flexibility index (Phi) is 7.44. The molecule has 0 radical (unpaired) electrons. The lowest BCUT2D eigenvalue weighted by Crippen LogP contribution is -2.38. The van der Waals surface area contributed by atoms with Crippen LogP contribution in [0.5, 0.6) is 0 Å². The fourth-order valence-electron chi connectivity index (χ4n) is 2.44. The molecule has 27 heavy (non-hydrogen) atoms. The van der Waals surface area contributed by atoms with Gasteiger partial charge in [0.1, 0.15) is 5.82 Å². The second-order valence-corrected chi connectivity index (χ2v) is 6.37. The summed E-state index contributed by atoms with van der Waals surface area (Å²) >= 11 is 0. The van der Waals surface area contributed by atoms with Gasteiger partial charge in [-0.1, -0.05) is 6.07 Å². The molecule has 0 aromatic heterocycles. The maximum atomic E-state index is 13.2. The first-order chi connectivity index (χ1) is 12.8. The van der Waals surface area contributed by atoms with Crippen LogP contribution in [0.2, 0.25) is 0 Å². The Morgan fingerprint density at radius 1 is 1.26 bits per heavy atom. The lowest BCUT2D eigenvalue weighted by atomic mass is 10.1. The average molecular weight is 388 g/mol. The Morgan fingerprint density at radius 3 is 2.63 bits per heavy atom. The predicted molar refractivity (Wildman–Crippen MR) is 94.6 cm³/mol. The van der Waals surface area contributed by atoms with E-state index in [9.17, 15) is 22.4 Å². The lowest BCUT2D eigenvalue weighted by molar-refractivity contribution is -0.138. The molecule has 1 aromatic carbocycles. The van der Waals surface area contributed by atoms with Gasteiger partial charge in [-0.3, -0.25) is 4.79 Å². The highest BCUT2D eigenvalue weighted by Gasteiger charge is 2.33. The van der Waals surface area contributed by atoms with Crippen LogP contribution in [0.4, 0.5) is 17.6 Å². The van der Waals surface area contributed by atoms with Gasteiger partial charge >= 0.3 is 6.18 Å². The molecule has 1 aliphatic carbocycles. The van der Waals surface area contributed by atoms with Crippen molar-refractivity contribution in [2.45, 2.75) is 51.4 Å². The van der Waals surface area contributed by atoms with Crippen molar-refractivity contribution in [3.63, 3.8) is 0 Å². The summed E-state index contributed by atoms with van der Waals surface area (Å²) in [7, 11) is 0. The molecule has 5 nitrogen and oxygen atoms in total. The third kappa shape index (κ3) is 7.44. The number of benzene rings is 1. The maximum Gasteiger partial charge on any atom is 0.416 e. The third-order valence-electron chi connectivity index (χ3n) is 3.94. The van der Waals surface area contributed by atoms with E-state index < -0.39 is 17.6 Å². The minimum atomic E-state index is -4.65. The van der Waals surface area contributed by atoms with Gasteiger partial charge in [-0.15, -0.1) is 0 Å². The first-order valence-corrected chi connectivity index (χ1v) is 8.96. The summed E-state index contributed by atoms with van der Waals surface area (Å²) in [5.74, 6) is -0.593. The number of nitrogens with one attached hydrogen (secondary N) is 3. The number of carbonyl (C=O) groups excluding carboxylic acids is 1. The Balaban J connectivity index is 1.89. The zero-order chi connectivity index (χ0) is 19.9. The molecule has 1 amide bonds. The second-order valence-electron chi connectivity index (χ2n) is 6.37. The molecule has 150 valence electrons. The average Bonchev–Trinajstić information content (AvgIpc) is 3.40. The highest BCUT2D eigenvalue weighted by molar-refractivity contribution is 5.80. The van der Waals surface area contributed by atoms with Gasteiger partial charge in [-0.2, -0.15) is 13.2 Å². The number of hydrogen-bond donors (Lipinski definition) is 3. The number of alkyl halides is 3. The molecule has 9 heteroatoms. The van der Waals surface area contributed by atoms with E-state index >= 15 is 0 Å². The van der Waals surface area contributed by atoms with Crippen LogP contribution < -0.4 is 16.0 Å². The molecule has 2 rings (SSSR count). The summed E-state index contributed by atoms with van der Waals surface area (Å²) in [6, 6.07) is 2.87. The summed E-state index contributed by atoms with van der Waals surface area (Å²) in [5.41, 5.74) is -1.14. The van der Waals surface area contributed by atoms with Crippen molar-refractivity contribution in [1.82, 2.24) is 16.0 Å². The Morgan fingerprint density at radius 2 is 2.00 bits per heavy atom. The zero-order valence-electron chi connectivity index (χ0n) is 15.1. The first-order valence-electron chi connectivity index (χ1n) is 8.96. The minimum absolute atomic E-state index is 0.00220. The molecule has 1 saturated carbocycles. The van der Waals surface area contributed by atoms with Gasteiger partial charge in [0.15, 0.2) is 5.96 Å². The number of halogens is 4. The molecular formula is C18H24F4N4O. The fraction of sp³-hybridized carbons (Fsp3) is 0.556. The smallest absolute Gasteiger partial charge is 0.357 e. The van der Waals surface area contributed by atoms with Gasteiger partial charge < -0.3 is 16.0 Å². The van der Waals surface area contributed by atoms with E-state index in [0.29, 0.717) is 44.0 Å². The third-order valence-corrected chi connectivity index (χ3v) is 3.94. The van der Waals surface area contributed by atoms with E-state index in [-0.39, 0.29) is 18.0 Å². The molecule has 3 N–H and O–H groups in total. The minimum Gasteiger partial charge on any atom is -0.357 e. The van der Waals surface area contributed by atoms with Crippen molar-refractivity contribution >= 4 is 11.9 Å². The molecule has 0 bridgehead atoms. The van der Waals surface area contributed by atoms with Crippen LogP contribution in [0, 0.1) is 5.82 Å². The van der Waals surface area contributed by atoms with E-state index in [1.54, 1.807) is 0 Å². The Bertz CT molecular complexity index is 672. The zero-order valence-corrected chi connectivity index (χ0v) is 15.1. The van der Waals surface area contributed by atoms with E-state index in [4.69, 9.17) is 0 Å². The molecule has 1 aromatic rings. The summed E-state index contributed by atoms with van der Waals surface area (Å²) in [6.45, 7) is 2.58. The van der Waals surface area contributed by atoms with Crippen molar-refractivity contribution in [2.24, 2.45) is 4.99 Å². The molecular weight excluding hydrogens is 364 g/mol. The van der Waals surface area contributed by atoms with Gasteiger partial charge in [0.05, 0.1) is 12.1 Å². The van der Waals surface area contributed by atoms with Crippen LogP contribution in [0.3, 0.4) is 0 Å². The molecule has 0 atom stereocenters. The van der Waals surface area contributed by atoms with Crippen LogP contribution >= 0.6 is 0 Å². The number of rotatable bonds is 8. The first kappa shape index (κ1) is 21.0. The Labute approximate surface area is 155 Å². The Hall–Kier alpha value is -2.32. The molecule has 0 unspecified atom stereocenters. The van der Waals surface area contributed by atoms with E-state index in [1.807, 2.05) is 6.92 Å². The lowest BCUT2D eigenvalue weighted by Gasteiger charge is -2.14. The predicted octanol–water partition coefficient (Wildman–Crippen LogP) is 2.96. The van der Waals surface area contributed by atoms with Crippen molar-refractivity contribution in [1.29, 1.82) is 0 Å². The van der Waals surface area contributed by atoms with Gasteiger partial charge in [0.25, 0.3) is 0 Å². The van der Waals surface area contributed by atoms with Crippen molar-refractivity contribution in [3.05, 3.63) is 35.1 Å². The quantitative estimate of drug-likeness (QED) is 0.278. The highest BCUT2D eigenvalue weighted by Crippen LogP contribution is 2.32. The summed E-state index contributed by atoms with van der Waals surface area (Å²) in [6.07, 6.45) is -1.63. The SMILES string of the molecule is CCNC(=NCc1ccc(F)cc1C(F)(F)F)NCCCC(=O)NC1CC1. The normalized spacial score (nSPS) is 14.8. The van der Waals surface area contributed by atoms with Gasteiger partial charge in [0.2, 0.25) is 5.91 Å². The van der Waals surface area contributed by atoms with Crippen LogP contribution in [-0.4, -0.2) is 31.0 Å². The van der Waals surface area contributed by atoms with Gasteiger partial charge in [-0.05, 0) is 43.9 Å². The molecule has 0 saturated heterocycles. The standard InChI is InChI=1S/C18H24F4N4O/c1-2-23-17(24-9-3-4-16(27)26-14-7-8-14)25-11-12-5-6-13(19)10-15(12)18(20,21)22/h5-6,10,14H,2-4,7-9,11H2,1H3,(H,26,27)(H2,23,24,25). The molecule has 0 spiro atoms. The maximum absolute atomic E-state index is 13.2. The highest BCUT2D eigenvalue weighted by atomic mass is 19.4. The summed E-state index contributed by atoms with van der Waals surface area (Å²) in [4.78, 5) is 15.7. The largest absolute Gasteiger partial charge is 0.416 e. The molecule has 1 fully saturated rings. The van der Waals surface area contributed by atoms with Crippen molar-refractivity contribution in [2.75, 3.05) is 13.1 Å². The number of aliphatic imine (C=N–C) groups is 1. The number of guanidine groups is 1. The topological polar surface area (TPSA) is 65.5 Å². The number of carbonyl (C=O) groups is 1. The van der Waals surface area contributed by atoms with Crippen LogP contribution in [0.25, 0.3) is 0 Å². The second kappa shape index (κ2) is 9.57. The molecule has 0 aliphatic heterocycles. The number of nitrogens with zero attached hydrogens (tertiary/aromatic N) is 1. The van der Waals surface area contributed by atoms with Crippen molar-refractivity contribution < 1.29 is 22.4 Å². The number of hydrogen-bond acceptors (Lipinski definition) is 2.